The van der Waals surface area contributed by atoms with Crippen molar-refractivity contribution in [2.45, 2.75) is 32.3 Å². The van der Waals surface area contributed by atoms with E-state index >= 15 is 0 Å². The molecule has 0 spiro atoms. The van der Waals surface area contributed by atoms with E-state index in [-0.39, 0.29) is 5.75 Å². The molecule has 0 heterocycles. The maximum Gasteiger partial charge on any atom is 0.344 e. The van der Waals surface area contributed by atoms with Crippen LogP contribution in [-0.2, 0) is 11.2 Å². The lowest BCUT2D eigenvalue weighted by Gasteiger charge is -2.18. The second-order valence-electron chi connectivity index (χ2n) is 4.38. The predicted molar refractivity (Wildman–Crippen MR) is 77.7 cm³/mol. The van der Waals surface area contributed by atoms with Crippen LogP contribution in [-0.4, -0.2) is 30.8 Å². The lowest BCUT2D eigenvalue weighted by Crippen LogP contribution is -2.27. The van der Waals surface area contributed by atoms with Gasteiger partial charge in [-0.3, -0.25) is 0 Å². The monoisotopic (exact) mass is 301 g/mol. The first kappa shape index (κ1) is 16.6. The van der Waals surface area contributed by atoms with Gasteiger partial charge in [-0.05, 0) is 37.1 Å². The number of hydrogen-bond donors (Lipinski definition) is 2. The molecule has 0 saturated carbocycles. The number of carboxylic acids is 1. The molecule has 20 heavy (non-hydrogen) atoms. The molecule has 112 valence electrons. The first-order valence-electron chi connectivity index (χ1n) is 6.49. The zero-order valence-corrected chi connectivity index (χ0v) is 12.4. The number of aliphatic carboxylic acids is 1. The van der Waals surface area contributed by atoms with Crippen LogP contribution >= 0.6 is 11.6 Å². The Labute approximate surface area is 123 Å². The summed E-state index contributed by atoms with van der Waals surface area (Å²) >= 11 is 6.16. The van der Waals surface area contributed by atoms with Crippen molar-refractivity contribution in [1.29, 1.82) is 0 Å². The molecule has 1 aromatic carbocycles. The third kappa shape index (κ3) is 4.28. The van der Waals surface area contributed by atoms with Gasteiger partial charge in [0.1, 0.15) is 0 Å². The van der Waals surface area contributed by atoms with Crippen molar-refractivity contribution in [3.8, 4) is 11.5 Å². The Kier molecular flexibility index (Phi) is 6.61. The average Bonchev–Trinajstić information content (AvgIpc) is 2.40. The molecule has 5 nitrogen and oxygen atoms in total. The summed E-state index contributed by atoms with van der Waals surface area (Å²) in [4.78, 5) is 11.1. The molecule has 1 rings (SSSR count). The quantitative estimate of drug-likeness (QED) is 0.771. The molecule has 0 aliphatic heterocycles. The summed E-state index contributed by atoms with van der Waals surface area (Å²) in [5, 5.41) is 9.46. The number of rotatable bonds is 8. The minimum Gasteiger partial charge on any atom is -0.493 e. The highest BCUT2D eigenvalue weighted by molar-refractivity contribution is 6.32. The molecule has 1 unspecified atom stereocenters. The van der Waals surface area contributed by atoms with Crippen molar-refractivity contribution in [1.82, 2.24) is 0 Å². The number of benzene rings is 1. The number of ether oxygens (including phenoxy) is 2. The lowest BCUT2D eigenvalue weighted by molar-refractivity contribution is -0.145. The zero-order chi connectivity index (χ0) is 15.1. The van der Waals surface area contributed by atoms with Gasteiger partial charge in [-0.15, -0.1) is 0 Å². The first-order valence-corrected chi connectivity index (χ1v) is 6.87. The average molecular weight is 302 g/mol. The Morgan fingerprint density at radius 1 is 1.50 bits per heavy atom. The standard InChI is InChI=1S/C14H20ClNO4/c1-3-4-11(14(17)18)20-13-10(15)7-9(5-6-16)8-12(13)19-2/h7-8,11H,3-6,16H2,1-2H3,(H,17,18). The van der Waals surface area contributed by atoms with Gasteiger partial charge in [0.15, 0.2) is 17.6 Å². The molecular weight excluding hydrogens is 282 g/mol. The van der Waals surface area contributed by atoms with Gasteiger partial charge in [-0.2, -0.15) is 0 Å². The van der Waals surface area contributed by atoms with E-state index in [0.29, 0.717) is 36.6 Å². The van der Waals surface area contributed by atoms with Crippen LogP contribution in [0.3, 0.4) is 0 Å². The van der Waals surface area contributed by atoms with E-state index in [9.17, 15) is 4.79 Å². The van der Waals surface area contributed by atoms with Crippen molar-refractivity contribution < 1.29 is 19.4 Å². The van der Waals surface area contributed by atoms with Crippen LogP contribution in [0.15, 0.2) is 12.1 Å². The van der Waals surface area contributed by atoms with E-state index < -0.39 is 12.1 Å². The van der Waals surface area contributed by atoms with Crippen LogP contribution in [0.5, 0.6) is 11.5 Å². The van der Waals surface area contributed by atoms with Gasteiger partial charge in [0.05, 0.1) is 12.1 Å². The highest BCUT2D eigenvalue weighted by Gasteiger charge is 2.22. The van der Waals surface area contributed by atoms with E-state index in [1.165, 1.54) is 7.11 Å². The lowest BCUT2D eigenvalue weighted by atomic mass is 10.1. The van der Waals surface area contributed by atoms with E-state index in [4.69, 9.17) is 31.9 Å². The summed E-state index contributed by atoms with van der Waals surface area (Å²) in [5.41, 5.74) is 6.43. The molecule has 0 aliphatic carbocycles. The minimum absolute atomic E-state index is 0.260. The van der Waals surface area contributed by atoms with Crippen LogP contribution in [0, 0.1) is 0 Å². The predicted octanol–water partition coefficient (Wildman–Crippen LogP) is 2.48. The minimum atomic E-state index is -1.02. The Hall–Kier alpha value is -1.46. The van der Waals surface area contributed by atoms with Gasteiger partial charge in [-0.25, -0.2) is 4.79 Å². The van der Waals surface area contributed by atoms with Crippen molar-refractivity contribution in [2.75, 3.05) is 13.7 Å². The second kappa shape index (κ2) is 7.97. The van der Waals surface area contributed by atoms with E-state index in [1.54, 1.807) is 12.1 Å². The summed E-state index contributed by atoms with van der Waals surface area (Å²) in [5.74, 6) is -0.338. The van der Waals surface area contributed by atoms with E-state index in [2.05, 4.69) is 0 Å². The second-order valence-corrected chi connectivity index (χ2v) is 4.79. The molecule has 0 bridgehead atoms. The van der Waals surface area contributed by atoms with Crippen LogP contribution in [0.2, 0.25) is 5.02 Å². The van der Waals surface area contributed by atoms with Crippen molar-refractivity contribution in [3.63, 3.8) is 0 Å². The number of methoxy groups -OCH3 is 1. The third-order valence-electron chi connectivity index (χ3n) is 2.81. The number of nitrogens with two attached hydrogens (primary N) is 1. The molecule has 6 heteroatoms. The molecule has 0 radical (unpaired) electrons. The fraction of sp³-hybridized carbons (Fsp3) is 0.500. The molecule has 3 N–H and O–H groups in total. The van der Waals surface area contributed by atoms with Crippen LogP contribution in [0.1, 0.15) is 25.3 Å². The van der Waals surface area contributed by atoms with Crippen LogP contribution in [0.25, 0.3) is 0 Å². The normalized spacial score (nSPS) is 12.0. The first-order chi connectivity index (χ1) is 9.53. The molecule has 0 saturated heterocycles. The third-order valence-corrected chi connectivity index (χ3v) is 3.09. The van der Waals surface area contributed by atoms with Gasteiger partial charge >= 0.3 is 5.97 Å². The molecule has 0 aliphatic rings. The number of carbonyl (C=O) groups is 1. The number of halogens is 1. The Balaban J connectivity index is 3.06. The van der Waals surface area contributed by atoms with Gasteiger partial charge in [0.2, 0.25) is 0 Å². The maximum absolute atomic E-state index is 11.1. The van der Waals surface area contributed by atoms with E-state index in [0.717, 1.165) is 5.56 Å². The highest BCUT2D eigenvalue weighted by atomic mass is 35.5. The summed E-state index contributed by atoms with van der Waals surface area (Å²) in [6.07, 6.45) is 0.821. The molecular formula is C14H20ClNO4. The summed E-state index contributed by atoms with van der Waals surface area (Å²) in [6, 6.07) is 3.48. The Morgan fingerprint density at radius 3 is 2.70 bits per heavy atom. The number of hydrogen-bond acceptors (Lipinski definition) is 4. The summed E-state index contributed by atoms with van der Waals surface area (Å²) < 4.78 is 10.7. The molecule has 0 fully saturated rings. The van der Waals surface area contributed by atoms with Crippen LogP contribution < -0.4 is 15.2 Å². The zero-order valence-electron chi connectivity index (χ0n) is 11.7. The van der Waals surface area contributed by atoms with Crippen molar-refractivity contribution in [2.24, 2.45) is 5.73 Å². The topological polar surface area (TPSA) is 81.8 Å². The number of carboxylic acid groups (broad SMARTS) is 1. The Bertz CT molecular complexity index is 465. The molecule has 1 aromatic rings. The smallest absolute Gasteiger partial charge is 0.344 e. The van der Waals surface area contributed by atoms with Gasteiger partial charge in [0, 0.05) is 0 Å². The molecule has 1 atom stereocenters. The molecule has 0 amide bonds. The summed E-state index contributed by atoms with van der Waals surface area (Å²) in [6.45, 7) is 2.38. The maximum atomic E-state index is 11.1. The highest BCUT2D eigenvalue weighted by Crippen LogP contribution is 2.37. The summed E-state index contributed by atoms with van der Waals surface area (Å²) in [7, 11) is 1.49. The van der Waals surface area contributed by atoms with Crippen LogP contribution in [0.4, 0.5) is 0 Å². The fourth-order valence-corrected chi connectivity index (χ4v) is 2.11. The molecule has 0 aromatic heterocycles. The van der Waals surface area contributed by atoms with Crippen molar-refractivity contribution in [3.05, 3.63) is 22.7 Å². The van der Waals surface area contributed by atoms with Crippen molar-refractivity contribution >= 4 is 17.6 Å². The van der Waals surface area contributed by atoms with Gasteiger partial charge in [0.25, 0.3) is 0 Å². The van der Waals surface area contributed by atoms with Gasteiger partial charge < -0.3 is 20.3 Å². The van der Waals surface area contributed by atoms with Gasteiger partial charge in [-0.1, -0.05) is 24.9 Å². The fourth-order valence-electron chi connectivity index (χ4n) is 1.84. The van der Waals surface area contributed by atoms with E-state index in [1.807, 2.05) is 6.92 Å². The Morgan fingerprint density at radius 2 is 2.20 bits per heavy atom. The largest absolute Gasteiger partial charge is 0.493 e. The SMILES string of the molecule is CCCC(Oc1c(Cl)cc(CCN)cc1OC)C(=O)O.